The summed E-state index contributed by atoms with van der Waals surface area (Å²) in [5, 5.41) is 12.6. The first-order chi connectivity index (χ1) is 16.4. The number of nitrogens with one attached hydrogen (secondary N) is 1. The first-order valence-electron chi connectivity index (χ1n) is 11.9. The summed E-state index contributed by atoms with van der Waals surface area (Å²) in [7, 11) is 1.52. The van der Waals surface area contributed by atoms with E-state index >= 15 is 0 Å². The number of halogens is 1. The summed E-state index contributed by atoms with van der Waals surface area (Å²) in [5.41, 5.74) is 4.67. The summed E-state index contributed by atoms with van der Waals surface area (Å²) in [6.07, 6.45) is 2.72. The largest absolute Gasteiger partial charge is 0.465 e. The van der Waals surface area contributed by atoms with E-state index < -0.39 is 6.09 Å². The van der Waals surface area contributed by atoms with Crippen molar-refractivity contribution >= 4 is 33.6 Å². The molecule has 1 saturated carbocycles. The van der Waals surface area contributed by atoms with E-state index in [9.17, 15) is 14.7 Å². The minimum atomic E-state index is -1.00. The molecule has 0 atom stereocenters. The van der Waals surface area contributed by atoms with E-state index in [4.69, 9.17) is 0 Å². The zero-order valence-corrected chi connectivity index (χ0v) is 21.3. The van der Waals surface area contributed by atoms with Crippen LogP contribution in [0, 0.1) is 5.92 Å². The standard InChI is InChI=1S/C26H33BrN4O3/c1-29(26(33)34)13-14-31(18-21-5-2-3-7-23(21)27)25(32)15-28-24-8-4-6-20-17-30(12-11-22(20)24)16-19-9-10-19/h2-8,19,28H,9-18H2,1H3,(H,33,34). The predicted octanol–water partition coefficient (Wildman–Crippen LogP) is 4.27. The number of carbonyl (C=O) groups is 2. The van der Waals surface area contributed by atoms with E-state index in [1.54, 1.807) is 4.90 Å². The molecule has 2 aromatic rings. The van der Waals surface area contributed by atoms with Crippen LogP contribution in [0.3, 0.4) is 0 Å². The fraction of sp³-hybridized carbons (Fsp3) is 0.462. The minimum Gasteiger partial charge on any atom is -0.465 e. The second-order valence-electron chi connectivity index (χ2n) is 9.34. The molecule has 0 saturated heterocycles. The van der Waals surface area contributed by atoms with Gasteiger partial charge in [0.05, 0.1) is 6.54 Å². The lowest BCUT2D eigenvalue weighted by Gasteiger charge is -2.30. The second-order valence-corrected chi connectivity index (χ2v) is 10.2. The number of hydrogen-bond donors (Lipinski definition) is 2. The highest BCUT2D eigenvalue weighted by Crippen LogP contribution is 2.32. The number of likely N-dealkylation sites (N-methyl/N-ethyl adjacent to an activating group) is 1. The maximum atomic E-state index is 13.2. The van der Waals surface area contributed by atoms with Gasteiger partial charge in [0.1, 0.15) is 0 Å². The Balaban J connectivity index is 1.41. The van der Waals surface area contributed by atoms with Gasteiger partial charge in [0.2, 0.25) is 5.91 Å². The zero-order chi connectivity index (χ0) is 24.1. The average molecular weight is 529 g/mol. The summed E-state index contributed by atoms with van der Waals surface area (Å²) in [5.74, 6) is 0.828. The number of hydrogen-bond acceptors (Lipinski definition) is 4. The number of fused-ring (bicyclic) bond motifs is 1. The summed E-state index contributed by atoms with van der Waals surface area (Å²) < 4.78 is 0.931. The molecular formula is C26H33BrN4O3. The van der Waals surface area contributed by atoms with Gasteiger partial charge in [0.25, 0.3) is 0 Å². The molecular weight excluding hydrogens is 496 g/mol. The Morgan fingerprint density at radius 3 is 2.68 bits per heavy atom. The summed E-state index contributed by atoms with van der Waals surface area (Å²) in [4.78, 5) is 29.9. The molecule has 1 fully saturated rings. The van der Waals surface area contributed by atoms with Gasteiger partial charge >= 0.3 is 6.09 Å². The maximum absolute atomic E-state index is 13.2. The molecule has 2 N–H and O–H groups in total. The van der Waals surface area contributed by atoms with Crippen molar-refractivity contribution in [3.05, 3.63) is 63.6 Å². The Labute approximate surface area is 209 Å². The monoisotopic (exact) mass is 528 g/mol. The molecule has 2 amide bonds. The van der Waals surface area contributed by atoms with Crippen molar-refractivity contribution in [3.63, 3.8) is 0 Å². The van der Waals surface area contributed by atoms with Gasteiger partial charge in [-0.25, -0.2) is 4.79 Å². The van der Waals surface area contributed by atoms with Gasteiger partial charge in [-0.2, -0.15) is 0 Å². The van der Waals surface area contributed by atoms with Crippen LogP contribution in [0.15, 0.2) is 46.9 Å². The number of carboxylic acid groups (broad SMARTS) is 1. The molecule has 8 heteroatoms. The van der Waals surface area contributed by atoms with Crippen molar-refractivity contribution in [1.29, 1.82) is 0 Å². The molecule has 1 aliphatic heterocycles. The molecule has 7 nitrogen and oxygen atoms in total. The molecule has 182 valence electrons. The molecule has 0 bridgehead atoms. The van der Waals surface area contributed by atoms with Crippen molar-refractivity contribution in [3.8, 4) is 0 Å². The van der Waals surface area contributed by atoms with Crippen LogP contribution in [0.1, 0.15) is 29.5 Å². The highest BCUT2D eigenvalue weighted by atomic mass is 79.9. The van der Waals surface area contributed by atoms with Gasteiger partial charge in [-0.3, -0.25) is 9.69 Å². The van der Waals surface area contributed by atoms with Crippen molar-refractivity contribution in [2.45, 2.75) is 32.4 Å². The van der Waals surface area contributed by atoms with Crippen LogP contribution in [0.4, 0.5) is 10.5 Å². The molecule has 0 spiro atoms. The van der Waals surface area contributed by atoms with Crippen molar-refractivity contribution in [1.82, 2.24) is 14.7 Å². The van der Waals surface area contributed by atoms with Crippen LogP contribution in [0.5, 0.6) is 0 Å². The number of amides is 2. The molecule has 4 rings (SSSR count). The van der Waals surface area contributed by atoms with E-state index in [0.29, 0.717) is 13.1 Å². The zero-order valence-electron chi connectivity index (χ0n) is 19.7. The lowest BCUT2D eigenvalue weighted by Crippen LogP contribution is -2.41. The van der Waals surface area contributed by atoms with E-state index in [-0.39, 0.29) is 19.0 Å². The van der Waals surface area contributed by atoms with Crippen molar-refractivity contribution < 1.29 is 14.7 Å². The Hall–Kier alpha value is -2.58. The van der Waals surface area contributed by atoms with Gasteiger partial charge in [0, 0.05) is 56.5 Å². The number of benzene rings is 2. The Kier molecular flexibility index (Phi) is 8.11. The van der Waals surface area contributed by atoms with Gasteiger partial charge in [0.15, 0.2) is 0 Å². The number of nitrogens with zero attached hydrogens (tertiary/aromatic N) is 3. The lowest BCUT2D eigenvalue weighted by atomic mass is 9.97. The molecule has 1 heterocycles. The summed E-state index contributed by atoms with van der Waals surface area (Å²) in [6.45, 7) is 4.40. The third-order valence-electron chi connectivity index (χ3n) is 6.69. The van der Waals surface area contributed by atoms with Crippen LogP contribution < -0.4 is 5.32 Å². The van der Waals surface area contributed by atoms with Crippen LogP contribution in [-0.2, 0) is 24.3 Å². The first-order valence-corrected chi connectivity index (χ1v) is 12.7. The Bertz CT molecular complexity index is 1030. The Morgan fingerprint density at radius 2 is 1.94 bits per heavy atom. The molecule has 0 aromatic heterocycles. The van der Waals surface area contributed by atoms with Gasteiger partial charge in [-0.05, 0) is 54.0 Å². The number of rotatable bonds is 10. The summed E-state index contributed by atoms with van der Waals surface area (Å²) >= 11 is 3.56. The topological polar surface area (TPSA) is 76.1 Å². The van der Waals surface area contributed by atoms with E-state index in [2.05, 4.69) is 44.3 Å². The van der Waals surface area contributed by atoms with Crippen LogP contribution in [0.25, 0.3) is 0 Å². The van der Waals surface area contributed by atoms with E-state index in [1.807, 2.05) is 24.3 Å². The summed E-state index contributed by atoms with van der Waals surface area (Å²) in [6, 6.07) is 14.1. The first kappa shape index (κ1) is 24.5. The fourth-order valence-electron chi connectivity index (χ4n) is 4.43. The van der Waals surface area contributed by atoms with Gasteiger partial charge in [-0.15, -0.1) is 0 Å². The minimum absolute atomic E-state index is 0.0571. The van der Waals surface area contributed by atoms with Crippen LogP contribution >= 0.6 is 15.9 Å². The molecule has 2 aromatic carbocycles. The quantitative estimate of drug-likeness (QED) is 0.481. The highest BCUT2D eigenvalue weighted by molar-refractivity contribution is 9.10. The van der Waals surface area contributed by atoms with E-state index in [0.717, 1.165) is 41.2 Å². The lowest BCUT2D eigenvalue weighted by molar-refractivity contribution is -0.130. The van der Waals surface area contributed by atoms with Gasteiger partial charge in [-0.1, -0.05) is 46.3 Å². The molecule has 2 aliphatic rings. The van der Waals surface area contributed by atoms with E-state index in [1.165, 1.54) is 42.5 Å². The SMILES string of the molecule is CN(CCN(Cc1ccccc1Br)C(=O)CNc1cccc2c1CCN(CC1CC1)C2)C(=O)O. The molecule has 34 heavy (non-hydrogen) atoms. The highest BCUT2D eigenvalue weighted by Gasteiger charge is 2.27. The molecule has 1 aliphatic carbocycles. The third kappa shape index (κ3) is 6.51. The molecule has 0 unspecified atom stereocenters. The Morgan fingerprint density at radius 1 is 1.15 bits per heavy atom. The fourth-order valence-corrected chi connectivity index (χ4v) is 4.84. The predicted molar refractivity (Wildman–Crippen MR) is 137 cm³/mol. The average Bonchev–Trinajstić information content (AvgIpc) is 3.64. The smallest absolute Gasteiger partial charge is 0.407 e. The normalized spacial score (nSPS) is 15.5. The molecule has 0 radical (unpaired) electrons. The van der Waals surface area contributed by atoms with Crippen molar-refractivity contribution in [2.75, 3.05) is 45.1 Å². The van der Waals surface area contributed by atoms with Crippen LogP contribution in [-0.4, -0.2) is 71.6 Å². The van der Waals surface area contributed by atoms with Gasteiger partial charge < -0.3 is 20.2 Å². The second kappa shape index (κ2) is 11.2. The number of carbonyl (C=O) groups excluding carboxylic acids is 1. The third-order valence-corrected chi connectivity index (χ3v) is 7.47. The maximum Gasteiger partial charge on any atom is 0.407 e. The van der Waals surface area contributed by atoms with Crippen molar-refractivity contribution in [2.24, 2.45) is 5.92 Å². The number of anilines is 1. The van der Waals surface area contributed by atoms with Crippen LogP contribution in [0.2, 0.25) is 0 Å².